The molecule has 3 aromatic rings. The van der Waals surface area contributed by atoms with Crippen LogP contribution in [0.1, 0.15) is 36.7 Å². The maximum absolute atomic E-state index is 12.7. The van der Waals surface area contributed by atoms with Gasteiger partial charge in [-0.05, 0) is 68.8 Å². The molecular formula is C26H28N2O6S. The fourth-order valence-electron chi connectivity index (χ4n) is 3.00. The van der Waals surface area contributed by atoms with Crippen molar-refractivity contribution >= 4 is 27.6 Å². The summed E-state index contributed by atoms with van der Waals surface area (Å²) in [5.74, 6) is -0.493. The molecule has 0 aliphatic rings. The van der Waals surface area contributed by atoms with Crippen molar-refractivity contribution in [1.82, 2.24) is 4.72 Å². The molecule has 0 unspecified atom stereocenters. The Morgan fingerprint density at radius 1 is 0.886 bits per heavy atom. The van der Waals surface area contributed by atoms with Crippen LogP contribution in [-0.4, -0.2) is 32.4 Å². The molecule has 0 saturated carbocycles. The third kappa shape index (κ3) is 8.24. The predicted molar refractivity (Wildman–Crippen MR) is 133 cm³/mol. The molecule has 0 aliphatic carbocycles. The van der Waals surface area contributed by atoms with Crippen LogP contribution in [-0.2, 0) is 26.2 Å². The minimum Gasteiger partial charge on any atom is -0.489 e. The molecule has 0 aliphatic heterocycles. The van der Waals surface area contributed by atoms with Gasteiger partial charge in [-0.2, -0.15) is 4.72 Å². The van der Waals surface area contributed by atoms with E-state index in [4.69, 9.17) is 9.47 Å². The van der Waals surface area contributed by atoms with Crippen molar-refractivity contribution in [3.8, 4) is 5.75 Å². The second kappa shape index (κ2) is 11.2. The maximum atomic E-state index is 12.7. The lowest BCUT2D eigenvalue weighted by Crippen LogP contribution is -2.34. The molecule has 1 amide bonds. The van der Waals surface area contributed by atoms with Crippen LogP contribution in [0.5, 0.6) is 5.75 Å². The van der Waals surface area contributed by atoms with Gasteiger partial charge in [0.2, 0.25) is 10.0 Å². The van der Waals surface area contributed by atoms with E-state index in [-0.39, 0.29) is 10.8 Å². The molecule has 8 nitrogen and oxygen atoms in total. The van der Waals surface area contributed by atoms with Crippen LogP contribution in [0.25, 0.3) is 0 Å². The van der Waals surface area contributed by atoms with E-state index < -0.39 is 28.1 Å². The molecule has 184 valence electrons. The van der Waals surface area contributed by atoms with Crippen LogP contribution < -0.4 is 14.8 Å². The highest BCUT2D eigenvalue weighted by molar-refractivity contribution is 7.89. The SMILES string of the molecule is CC(C)(C)OC(=O)CNS(=O)(=O)c1ccc(NC(=O)c2cccc(OCc3ccccc3)c2)cc1. The fourth-order valence-corrected chi connectivity index (χ4v) is 3.97. The molecule has 0 spiro atoms. The van der Waals surface area contributed by atoms with Crippen molar-refractivity contribution in [3.63, 3.8) is 0 Å². The highest BCUT2D eigenvalue weighted by atomic mass is 32.2. The van der Waals surface area contributed by atoms with Gasteiger partial charge in [0, 0.05) is 11.3 Å². The highest BCUT2D eigenvalue weighted by Gasteiger charge is 2.20. The number of hydrogen-bond acceptors (Lipinski definition) is 6. The van der Waals surface area contributed by atoms with Crippen molar-refractivity contribution in [2.45, 2.75) is 37.9 Å². The summed E-state index contributed by atoms with van der Waals surface area (Å²) in [6.45, 7) is 4.98. The monoisotopic (exact) mass is 496 g/mol. The van der Waals surface area contributed by atoms with Crippen molar-refractivity contribution < 1.29 is 27.5 Å². The Morgan fingerprint density at radius 2 is 1.57 bits per heavy atom. The molecule has 9 heteroatoms. The summed E-state index contributed by atoms with van der Waals surface area (Å²) in [5.41, 5.74) is 1.11. The lowest BCUT2D eigenvalue weighted by molar-refractivity contribution is -0.153. The van der Waals surface area contributed by atoms with E-state index in [1.54, 1.807) is 45.0 Å². The number of anilines is 1. The summed E-state index contributed by atoms with van der Waals surface area (Å²) in [6.07, 6.45) is 0. The lowest BCUT2D eigenvalue weighted by atomic mass is 10.2. The first kappa shape index (κ1) is 25.9. The van der Waals surface area contributed by atoms with Gasteiger partial charge in [0.25, 0.3) is 5.91 Å². The maximum Gasteiger partial charge on any atom is 0.321 e. The number of carbonyl (C=O) groups is 2. The van der Waals surface area contributed by atoms with Crippen molar-refractivity contribution in [3.05, 3.63) is 90.0 Å². The van der Waals surface area contributed by atoms with Gasteiger partial charge in [-0.1, -0.05) is 36.4 Å². The number of nitrogens with one attached hydrogen (secondary N) is 2. The molecule has 0 radical (unpaired) electrons. The molecule has 3 aromatic carbocycles. The number of rotatable bonds is 9. The van der Waals surface area contributed by atoms with E-state index in [2.05, 4.69) is 10.0 Å². The molecule has 3 rings (SSSR count). The number of ether oxygens (including phenoxy) is 2. The second-order valence-electron chi connectivity index (χ2n) is 8.69. The lowest BCUT2D eigenvalue weighted by Gasteiger charge is -2.19. The van der Waals surface area contributed by atoms with Crippen LogP contribution in [0.15, 0.2) is 83.8 Å². The molecule has 0 saturated heterocycles. The van der Waals surface area contributed by atoms with Gasteiger partial charge in [0.1, 0.15) is 24.5 Å². The number of sulfonamides is 1. The average molecular weight is 497 g/mol. The van der Waals surface area contributed by atoms with Gasteiger partial charge in [0.05, 0.1) is 4.90 Å². The van der Waals surface area contributed by atoms with Crippen LogP contribution in [0.4, 0.5) is 5.69 Å². The first-order chi connectivity index (χ1) is 16.5. The van der Waals surface area contributed by atoms with Crippen LogP contribution >= 0.6 is 0 Å². The third-order valence-electron chi connectivity index (χ3n) is 4.59. The fraction of sp³-hybridized carbons (Fsp3) is 0.231. The van der Waals surface area contributed by atoms with Crippen molar-refractivity contribution in [1.29, 1.82) is 0 Å². The standard InChI is InChI=1S/C26H28N2O6S/c1-26(2,3)34-24(29)17-27-35(31,32)23-14-12-21(13-15-23)28-25(30)20-10-7-11-22(16-20)33-18-19-8-5-4-6-9-19/h4-16,27H,17-18H2,1-3H3,(H,28,30). The van der Waals surface area contributed by atoms with Gasteiger partial charge in [0.15, 0.2) is 0 Å². The summed E-state index contributed by atoms with van der Waals surface area (Å²) in [4.78, 5) is 24.4. The van der Waals surface area contributed by atoms with E-state index in [0.29, 0.717) is 23.6 Å². The quantitative estimate of drug-likeness (QED) is 0.431. The summed E-state index contributed by atoms with van der Waals surface area (Å²) in [5, 5.41) is 2.73. The third-order valence-corrected chi connectivity index (χ3v) is 6.01. The minimum atomic E-state index is -3.92. The normalized spacial score (nSPS) is 11.5. The molecule has 0 heterocycles. The molecule has 35 heavy (non-hydrogen) atoms. The summed E-state index contributed by atoms with van der Waals surface area (Å²) < 4.78 is 38.0. The van der Waals surface area contributed by atoms with Gasteiger partial charge in [-0.25, -0.2) is 8.42 Å². The van der Waals surface area contributed by atoms with Crippen molar-refractivity contribution in [2.24, 2.45) is 0 Å². The largest absolute Gasteiger partial charge is 0.489 e. The van der Waals surface area contributed by atoms with E-state index in [0.717, 1.165) is 5.56 Å². The molecule has 0 bridgehead atoms. The van der Waals surface area contributed by atoms with Crippen LogP contribution in [0.2, 0.25) is 0 Å². The number of hydrogen-bond donors (Lipinski definition) is 2. The van der Waals surface area contributed by atoms with Crippen LogP contribution in [0, 0.1) is 0 Å². The Morgan fingerprint density at radius 3 is 2.23 bits per heavy atom. The zero-order chi connectivity index (χ0) is 25.5. The first-order valence-electron chi connectivity index (χ1n) is 10.9. The predicted octanol–water partition coefficient (Wildman–Crippen LogP) is 4.14. The van der Waals surface area contributed by atoms with Gasteiger partial charge in [-0.3, -0.25) is 9.59 Å². The minimum absolute atomic E-state index is 0.0460. The number of amides is 1. The summed E-state index contributed by atoms with van der Waals surface area (Å²) in [6, 6.07) is 22.1. The molecule has 0 atom stereocenters. The van der Waals surface area contributed by atoms with Gasteiger partial charge in [-0.15, -0.1) is 0 Å². The van der Waals surface area contributed by atoms with E-state index in [1.807, 2.05) is 30.3 Å². The number of carbonyl (C=O) groups excluding carboxylic acids is 2. The van der Waals surface area contributed by atoms with E-state index >= 15 is 0 Å². The summed E-state index contributed by atoms with van der Waals surface area (Å²) in [7, 11) is -3.92. The number of benzene rings is 3. The van der Waals surface area contributed by atoms with Crippen molar-refractivity contribution in [2.75, 3.05) is 11.9 Å². The molecule has 0 fully saturated rings. The van der Waals surface area contributed by atoms with Crippen LogP contribution in [0.3, 0.4) is 0 Å². The smallest absolute Gasteiger partial charge is 0.321 e. The Balaban J connectivity index is 1.58. The summed E-state index contributed by atoms with van der Waals surface area (Å²) >= 11 is 0. The zero-order valence-electron chi connectivity index (χ0n) is 19.8. The van der Waals surface area contributed by atoms with E-state index in [9.17, 15) is 18.0 Å². The van der Waals surface area contributed by atoms with E-state index in [1.165, 1.54) is 24.3 Å². The Bertz CT molecular complexity index is 1270. The number of esters is 1. The average Bonchev–Trinajstić information content (AvgIpc) is 2.82. The highest BCUT2D eigenvalue weighted by Crippen LogP contribution is 2.18. The Kier molecular flexibility index (Phi) is 8.26. The molecular weight excluding hydrogens is 468 g/mol. The Hall–Kier alpha value is -3.69. The topological polar surface area (TPSA) is 111 Å². The van der Waals surface area contributed by atoms with Gasteiger partial charge < -0.3 is 14.8 Å². The molecule has 2 N–H and O–H groups in total. The Labute approximate surface area is 205 Å². The first-order valence-corrected chi connectivity index (χ1v) is 12.4. The molecule has 0 aromatic heterocycles. The second-order valence-corrected chi connectivity index (χ2v) is 10.5. The van der Waals surface area contributed by atoms with Gasteiger partial charge >= 0.3 is 5.97 Å². The zero-order valence-corrected chi connectivity index (χ0v) is 20.6.